The van der Waals surface area contributed by atoms with E-state index in [2.05, 4.69) is 26.3 Å². The lowest BCUT2D eigenvalue weighted by Gasteiger charge is -2.32. The number of fused-ring (bicyclic) bond motifs is 1. The van der Waals surface area contributed by atoms with E-state index in [4.69, 9.17) is 4.98 Å². The molecule has 4 rings (SSSR count). The van der Waals surface area contributed by atoms with Crippen LogP contribution in [0.3, 0.4) is 0 Å². The van der Waals surface area contributed by atoms with Gasteiger partial charge in [-0.05, 0) is 25.0 Å². The normalized spacial score (nSPS) is 17.4. The number of thiazole rings is 1. The van der Waals surface area contributed by atoms with Crippen LogP contribution in [-0.4, -0.2) is 40.0 Å². The number of amides is 1. The molecule has 1 saturated heterocycles. The Hall–Kier alpha value is -2.54. The first-order valence-electron chi connectivity index (χ1n) is 8.95. The van der Waals surface area contributed by atoms with E-state index in [1.807, 2.05) is 25.1 Å². The molecule has 2 aromatic heterocycles. The Morgan fingerprint density at radius 3 is 2.88 bits per heavy atom. The van der Waals surface area contributed by atoms with Crippen LogP contribution in [0.5, 0.6) is 0 Å². The number of nitrogens with one attached hydrogen (secondary N) is 1. The Kier molecular flexibility index (Phi) is 4.79. The van der Waals surface area contributed by atoms with Gasteiger partial charge in [0.25, 0.3) is 5.91 Å². The Morgan fingerprint density at radius 2 is 2.12 bits per heavy atom. The van der Waals surface area contributed by atoms with E-state index >= 15 is 0 Å². The summed E-state index contributed by atoms with van der Waals surface area (Å²) in [6, 6.07) is 8.29. The van der Waals surface area contributed by atoms with Gasteiger partial charge in [0.2, 0.25) is 0 Å². The van der Waals surface area contributed by atoms with Gasteiger partial charge in [-0.25, -0.2) is 15.0 Å². The van der Waals surface area contributed by atoms with E-state index in [9.17, 15) is 4.79 Å². The second kappa shape index (κ2) is 7.37. The van der Waals surface area contributed by atoms with Crippen LogP contribution in [0.4, 0.5) is 5.13 Å². The van der Waals surface area contributed by atoms with Crippen LogP contribution in [0.2, 0.25) is 0 Å². The number of para-hydroxylation sites is 1. The highest BCUT2D eigenvalue weighted by molar-refractivity contribution is 7.22. The van der Waals surface area contributed by atoms with Crippen LogP contribution < -0.4 is 10.2 Å². The Balaban J connectivity index is 1.43. The third-order valence-electron chi connectivity index (χ3n) is 4.59. The van der Waals surface area contributed by atoms with Gasteiger partial charge in [-0.2, -0.15) is 0 Å². The molecule has 0 unspecified atom stereocenters. The average molecular weight is 367 g/mol. The average Bonchev–Trinajstić information content (AvgIpc) is 3.12. The lowest BCUT2D eigenvalue weighted by molar-refractivity contribution is 0.0932. The number of aromatic nitrogens is 3. The molecule has 0 aliphatic carbocycles. The molecule has 0 bridgehead atoms. The molecule has 0 radical (unpaired) electrons. The van der Waals surface area contributed by atoms with Gasteiger partial charge in [0.1, 0.15) is 5.82 Å². The summed E-state index contributed by atoms with van der Waals surface area (Å²) in [5, 5.41) is 4.15. The minimum absolute atomic E-state index is 0.106. The highest BCUT2D eigenvalue weighted by atomic mass is 32.1. The molecule has 134 valence electrons. The predicted octanol–water partition coefficient (Wildman–Crippen LogP) is 3.05. The van der Waals surface area contributed by atoms with Gasteiger partial charge >= 0.3 is 0 Å². The van der Waals surface area contributed by atoms with Gasteiger partial charge in [0.05, 0.1) is 15.8 Å². The van der Waals surface area contributed by atoms with Crippen molar-refractivity contribution in [2.75, 3.05) is 18.0 Å². The Bertz CT molecular complexity index is 875. The van der Waals surface area contributed by atoms with Crippen molar-refractivity contribution in [3.8, 4) is 0 Å². The summed E-state index contributed by atoms with van der Waals surface area (Å²) in [7, 11) is 0. The van der Waals surface area contributed by atoms with E-state index < -0.39 is 0 Å². The summed E-state index contributed by atoms with van der Waals surface area (Å²) in [6.07, 6.45) is 5.99. The highest BCUT2D eigenvalue weighted by Crippen LogP contribution is 2.30. The van der Waals surface area contributed by atoms with Gasteiger partial charge in [-0.3, -0.25) is 4.79 Å². The lowest BCUT2D eigenvalue weighted by atomic mass is 10.1. The van der Waals surface area contributed by atoms with Gasteiger partial charge < -0.3 is 10.2 Å². The molecule has 1 aliphatic heterocycles. The van der Waals surface area contributed by atoms with Crippen LogP contribution in [0.1, 0.15) is 35.9 Å². The second-order valence-corrected chi connectivity index (χ2v) is 7.47. The molecule has 0 spiro atoms. The van der Waals surface area contributed by atoms with E-state index in [0.717, 1.165) is 48.8 Å². The van der Waals surface area contributed by atoms with Crippen molar-refractivity contribution in [3.05, 3.63) is 48.0 Å². The van der Waals surface area contributed by atoms with Gasteiger partial charge in [0.15, 0.2) is 5.13 Å². The molecule has 3 aromatic rings. The van der Waals surface area contributed by atoms with Crippen molar-refractivity contribution in [1.82, 2.24) is 20.3 Å². The minimum Gasteiger partial charge on any atom is -0.347 e. The molecular weight excluding hydrogens is 346 g/mol. The number of aryl methyl sites for hydroxylation is 1. The summed E-state index contributed by atoms with van der Waals surface area (Å²) in [4.78, 5) is 27.9. The van der Waals surface area contributed by atoms with Crippen LogP contribution in [0, 0.1) is 0 Å². The first kappa shape index (κ1) is 16.9. The largest absolute Gasteiger partial charge is 0.347 e. The molecule has 26 heavy (non-hydrogen) atoms. The number of hydrogen-bond acceptors (Lipinski definition) is 6. The molecule has 1 fully saturated rings. The maximum Gasteiger partial charge on any atom is 0.254 e. The Labute approximate surface area is 156 Å². The van der Waals surface area contributed by atoms with Gasteiger partial charge in [-0.15, -0.1) is 0 Å². The summed E-state index contributed by atoms with van der Waals surface area (Å²) in [6.45, 7) is 3.74. The summed E-state index contributed by atoms with van der Waals surface area (Å²) in [5.74, 6) is 0.644. The zero-order valence-corrected chi connectivity index (χ0v) is 15.5. The van der Waals surface area contributed by atoms with E-state index in [1.165, 1.54) is 4.70 Å². The molecule has 3 heterocycles. The quantitative estimate of drug-likeness (QED) is 0.767. The molecule has 7 heteroatoms. The maximum atomic E-state index is 12.5. The molecule has 1 aliphatic rings. The minimum atomic E-state index is -0.108. The van der Waals surface area contributed by atoms with Crippen molar-refractivity contribution in [2.24, 2.45) is 0 Å². The van der Waals surface area contributed by atoms with Crippen molar-refractivity contribution in [2.45, 2.75) is 32.2 Å². The number of piperidine rings is 1. The number of carbonyl (C=O) groups excluding carboxylic acids is 1. The maximum absolute atomic E-state index is 12.5. The number of hydrogen-bond donors (Lipinski definition) is 1. The van der Waals surface area contributed by atoms with Crippen LogP contribution in [0.15, 0.2) is 36.7 Å². The Morgan fingerprint density at radius 1 is 1.31 bits per heavy atom. The smallest absolute Gasteiger partial charge is 0.254 e. The number of benzene rings is 1. The predicted molar refractivity (Wildman–Crippen MR) is 104 cm³/mol. The van der Waals surface area contributed by atoms with Crippen molar-refractivity contribution in [1.29, 1.82) is 0 Å². The van der Waals surface area contributed by atoms with Crippen molar-refractivity contribution < 1.29 is 4.79 Å². The van der Waals surface area contributed by atoms with Crippen LogP contribution >= 0.6 is 11.3 Å². The van der Waals surface area contributed by atoms with Crippen LogP contribution in [-0.2, 0) is 6.42 Å². The summed E-state index contributed by atoms with van der Waals surface area (Å²) >= 11 is 1.71. The van der Waals surface area contributed by atoms with Crippen molar-refractivity contribution in [3.63, 3.8) is 0 Å². The molecule has 1 aromatic carbocycles. The number of rotatable bonds is 4. The van der Waals surface area contributed by atoms with Crippen LogP contribution in [0.25, 0.3) is 10.2 Å². The molecule has 1 amide bonds. The van der Waals surface area contributed by atoms with E-state index in [0.29, 0.717) is 5.56 Å². The lowest BCUT2D eigenvalue weighted by Crippen LogP contribution is -2.47. The monoisotopic (exact) mass is 367 g/mol. The number of nitrogens with zero attached hydrogens (tertiary/aromatic N) is 4. The summed E-state index contributed by atoms with van der Waals surface area (Å²) < 4.78 is 1.20. The van der Waals surface area contributed by atoms with Gasteiger partial charge in [-0.1, -0.05) is 30.4 Å². The highest BCUT2D eigenvalue weighted by Gasteiger charge is 2.24. The fraction of sp³-hybridized carbons (Fsp3) is 0.368. The standard InChI is InChI=1S/C19H21N5OS/c1-2-17-20-10-13(11-21-17)18(25)22-14-6-5-9-24(12-14)19-23-15-7-3-4-8-16(15)26-19/h3-4,7-8,10-11,14H,2,5-6,9,12H2,1H3,(H,22,25)/t14-/m1/s1. The van der Waals surface area contributed by atoms with Crippen molar-refractivity contribution >= 4 is 32.6 Å². The van der Waals surface area contributed by atoms with Gasteiger partial charge in [0, 0.05) is 37.9 Å². The molecule has 6 nitrogen and oxygen atoms in total. The molecular formula is C19H21N5OS. The second-order valence-electron chi connectivity index (χ2n) is 6.46. The zero-order valence-electron chi connectivity index (χ0n) is 14.7. The zero-order chi connectivity index (χ0) is 17.9. The first-order valence-corrected chi connectivity index (χ1v) is 9.77. The SMILES string of the molecule is CCc1ncc(C(=O)N[C@@H]2CCCN(c3nc4ccccc4s3)C2)cn1. The van der Waals surface area contributed by atoms with E-state index in [-0.39, 0.29) is 11.9 Å². The first-order chi connectivity index (χ1) is 12.7. The topological polar surface area (TPSA) is 71.0 Å². The number of anilines is 1. The molecule has 1 N–H and O–H groups in total. The third-order valence-corrected chi connectivity index (χ3v) is 5.69. The molecule has 1 atom stereocenters. The number of carbonyl (C=O) groups is 1. The fourth-order valence-electron chi connectivity index (χ4n) is 3.19. The third kappa shape index (κ3) is 3.53. The van der Waals surface area contributed by atoms with E-state index in [1.54, 1.807) is 23.7 Å². The molecule has 0 saturated carbocycles. The fourth-order valence-corrected chi connectivity index (χ4v) is 4.19. The summed E-state index contributed by atoms with van der Waals surface area (Å²) in [5.41, 5.74) is 1.55.